The van der Waals surface area contributed by atoms with Gasteiger partial charge in [-0.1, -0.05) is 48.5 Å². The summed E-state index contributed by atoms with van der Waals surface area (Å²) in [7, 11) is -3.14. The second kappa shape index (κ2) is 6.65. The molecular formula is C16H17O3P. The van der Waals surface area contributed by atoms with Crippen LogP contribution in [-0.2, 0) is 9.09 Å². The Morgan fingerprint density at radius 3 is 2.10 bits per heavy atom. The molecule has 104 valence electrons. The summed E-state index contributed by atoms with van der Waals surface area (Å²) in [6, 6.07) is 17.8. The molecule has 3 nitrogen and oxygen atoms in total. The smallest absolute Gasteiger partial charge is 0.239 e. The number of rotatable bonds is 6. The van der Waals surface area contributed by atoms with Crippen molar-refractivity contribution in [2.24, 2.45) is 0 Å². The van der Waals surface area contributed by atoms with E-state index in [1.165, 1.54) is 0 Å². The van der Waals surface area contributed by atoms with Crippen molar-refractivity contribution in [3.8, 4) is 0 Å². The molecular weight excluding hydrogens is 271 g/mol. The van der Waals surface area contributed by atoms with E-state index in [9.17, 15) is 9.36 Å². The van der Waals surface area contributed by atoms with E-state index < -0.39 is 7.37 Å². The van der Waals surface area contributed by atoms with E-state index in [1.807, 2.05) is 12.1 Å². The number of benzene rings is 2. The maximum Gasteiger partial charge on any atom is 0.239 e. The summed E-state index contributed by atoms with van der Waals surface area (Å²) >= 11 is 0. The van der Waals surface area contributed by atoms with Crippen LogP contribution in [0.1, 0.15) is 17.3 Å². The molecule has 0 N–H and O–H groups in total. The van der Waals surface area contributed by atoms with Crippen molar-refractivity contribution in [2.75, 3.05) is 12.8 Å². The average molecular weight is 288 g/mol. The summed E-state index contributed by atoms with van der Waals surface area (Å²) in [5, 5.41) is 0.589. The molecule has 2 aromatic carbocycles. The molecule has 4 heteroatoms. The van der Waals surface area contributed by atoms with Crippen LogP contribution in [0.25, 0.3) is 0 Å². The summed E-state index contributed by atoms with van der Waals surface area (Å²) in [5.74, 6) is -0.161. The molecule has 0 heterocycles. The first kappa shape index (κ1) is 14.7. The van der Waals surface area contributed by atoms with Gasteiger partial charge in [0.15, 0.2) is 5.78 Å². The Morgan fingerprint density at radius 2 is 1.55 bits per heavy atom. The van der Waals surface area contributed by atoms with Crippen molar-refractivity contribution in [1.29, 1.82) is 0 Å². The van der Waals surface area contributed by atoms with Gasteiger partial charge in [0.25, 0.3) is 0 Å². The van der Waals surface area contributed by atoms with E-state index in [1.54, 1.807) is 55.5 Å². The molecule has 0 aliphatic carbocycles. The van der Waals surface area contributed by atoms with Crippen molar-refractivity contribution in [1.82, 2.24) is 0 Å². The lowest BCUT2D eigenvalue weighted by Gasteiger charge is -2.17. The van der Waals surface area contributed by atoms with Crippen LogP contribution in [0.15, 0.2) is 60.7 Å². The Kier molecular flexibility index (Phi) is 4.89. The zero-order valence-electron chi connectivity index (χ0n) is 11.4. The Hall–Kier alpha value is -1.70. The highest BCUT2D eigenvalue weighted by Crippen LogP contribution is 2.45. The van der Waals surface area contributed by atoms with Crippen LogP contribution in [0.4, 0.5) is 0 Å². The van der Waals surface area contributed by atoms with Gasteiger partial charge in [-0.15, -0.1) is 0 Å². The summed E-state index contributed by atoms with van der Waals surface area (Å²) in [5.41, 5.74) is 0.559. The first-order valence-corrected chi connectivity index (χ1v) is 8.34. The molecule has 0 unspecified atom stereocenters. The van der Waals surface area contributed by atoms with E-state index in [2.05, 4.69) is 0 Å². The number of carbonyl (C=O) groups is 1. The predicted molar refractivity (Wildman–Crippen MR) is 80.9 cm³/mol. The van der Waals surface area contributed by atoms with Gasteiger partial charge in [-0.3, -0.25) is 9.36 Å². The van der Waals surface area contributed by atoms with E-state index in [0.29, 0.717) is 17.5 Å². The van der Waals surface area contributed by atoms with Crippen LogP contribution in [0.2, 0.25) is 0 Å². The highest BCUT2D eigenvalue weighted by molar-refractivity contribution is 7.67. The highest BCUT2D eigenvalue weighted by atomic mass is 31.2. The molecule has 1 atom stereocenters. The molecule has 0 saturated carbocycles. The third kappa shape index (κ3) is 3.44. The number of Topliss-reactive ketones (excluding diaryl/α,β-unsaturated/α-hetero) is 1. The number of hydrogen-bond acceptors (Lipinski definition) is 3. The number of hydrogen-bond donors (Lipinski definition) is 0. The Balaban J connectivity index is 2.27. The van der Waals surface area contributed by atoms with E-state index in [-0.39, 0.29) is 11.9 Å². The first-order valence-electron chi connectivity index (χ1n) is 6.53. The number of ketones is 1. The normalized spacial score (nSPS) is 13.7. The fraction of sp³-hybridized carbons (Fsp3) is 0.188. The SMILES string of the molecule is CCO[P@@](=O)(CC(=O)c1ccccc1)c1ccccc1. The van der Waals surface area contributed by atoms with Gasteiger partial charge in [-0.05, 0) is 19.1 Å². The van der Waals surface area contributed by atoms with Gasteiger partial charge >= 0.3 is 0 Å². The lowest BCUT2D eigenvalue weighted by molar-refractivity contribution is 0.101. The molecule has 0 bridgehead atoms. The Labute approximate surface area is 119 Å². The summed E-state index contributed by atoms with van der Waals surface area (Å²) in [6.45, 7) is 2.09. The zero-order valence-corrected chi connectivity index (χ0v) is 12.3. The second-order valence-corrected chi connectivity index (χ2v) is 6.81. The van der Waals surface area contributed by atoms with Crippen molar-refractivity contribution in [2.45, 2.75) is 6.92 Å². The van der Waals surface area contributed by atoms with Crippen LogP contribution < -0.4 is 5.30 Å². The van der Waals surface area contributed by atoms with E-state index in [4.69, 9.17) is 4.52 Å². The van der Waals surface area contributed by atoms with Crippen LogP contribution in [0, 0.1) is 0 Å². The molecule has 0 saturated heterocycles. The summed E-state index contributed by atoms with van der Waals surface area (Å²) in [6.07, 6.45) is -0.102. The van der Waals surface area contributed by atoms with E-state index >= 15 is 0 Å². The molecule has 0 aliphatic heterocycles. The maximum absolute atomic E-state index is 13.0. The fourth-order valence-electron chi connectivity index (χ4n) is 1.98. The monoisotopic (exact) mass is 288 g/mol. The molecule has 0 amide bonds. The molecule has 0 fully saturated rings. The van der Waals surface area contributed by atoms with Gasteiger partial charge in [0.05, 0.1) is 12.8 Å². The summed E-state index contributed by atoms with van der Waals surface area (Å²) < 4.78 is 18.4. The average Bonchev–Trinajstić information content (AvgIpc) is 2.49. The zero-order chi connectivity index (χ0) is 14.4. The lowest BCUT2D eigenvalue weighted by atomic mass is 10.2. The molecule has 2 aromatic rings. The predicted octanol–water partition coefficient (Wildman–Crippen LogP) is 3.51. The first-order chi connectivity index (χ1) is 9.65. The minimum absolute atomic E-state index is 0.102. The van der Waals surface area contributed by atoms with Crippen LogP contribution in [0.5, 0.6) is 0 Å². The van der Waals surface area contributed by atoms with Crippen molar-refractivity contribution in [3.63, 3.8) is 0 Å². The topological polar surface area (TPSA) is 43.4 Å². The van der Waals surface area contributed by atoms with Gasteiger partial charge in [-0.25, -0.2) is 0 Å². The van der Waals surface area contributed by atoms with E-state index in [0.717, 1.165) is 0 Å². The van der Waals surface area contributed by atoms with Crippen molar-refractivity contribution < 1.29 is 13.9 Å². The van der Waals surface area contributed by atoms with Gasteiger partial charge < -0.3 is 4.52 Å². The third-order valence-electron chi connectivity index (χ3n) is 2.93. The van der Waals surface area contributed by atoms with Crippen LogP contribution in [0.3, 0.4) is 0 Å². The van der Waals surface area contributed by atoms with Crippen molar-refractivity contribution >= 4 is 18.5 Å². The quantitative estimate of drug-likeness (QED) is 0.603. The molecule has 0 aromatic heterocycles. The highest BCUT2D eigenvalue weighted by Gasteiger charge is 2.29. The molecule has 20 heavy (non-hydrogen) atoms. The van der Waals surface area contributed by atoms with Gasteiger partial charge in [0.1, 0.15) is 0 Å². The largest absolute Gasteiger partial charge is 0.325 e. The fourth-order valence-corrected chi connectivity index (χ4v) is 4.01. The second-order valence-electron chi connectivity index (χ2n) is 4.37. The Morgan fingerprint density at radius 1 is 1.00 bits per heavy atom. The minimum atomic E-state index is -3.14. The standard InChI is InChI=1S/C16H17O3P/c1-2-19-20(18,15-11-7-4-8-12-15)13-16(17)14-9-5-3-6-10-14/h3-12H,2,13H2,1H3/t20-/m0/s1. The van der Waals surface area contributed by atoms with Gasteiger partial charge in [-0.2, -0.15) is 0 Å². The Bertz CT molecular complexity index is 608. The molecule has 0 spiro atoms. The molecule has 0 aliphatic rings. The van der Waals surface area contributed by atoms with Gasteiger partial charge in [0, 0.05) is 10.9 Å². The van der Waals surface area contributed by atoms with Crippen LogP contribution >= 0.6 is 7.37 Å². The minimum Gasteiger partial charge on any atom is -0.325 e. The molecule has 2 rings (SSSR count). The molecule has 0 radical (unpaired) electrons. The van der Waals surface area contributed by atoms with Crippen LogP contribution in [-0.4, -0.2) is 18.6 Å². The van der Waals surface area contributed by atoms with Crippen molar-refractivity contribution in [3.05, 3.63) is 66.2 Å². The van der Waals surface area contributed by atoms with Gasteiger partial charge in [0.2, 0.25) is 7.37 Å². The maximum atomic E-state index is 13.0. The lowest BCUT2D eigenvalue weighted by Crippen LogP contribution is -2.16. The summed E-state index contributed by atoms with van der Waals surface area (Å²) in [4.78, 5) is 12.3. The third-order valence-corrected chi connectivity index (χ3v) is 5.40. The number of carbonyl (C=O) groups excluding carboxylic acids is 1.